The van der Waals surface area contributed by atoms with Gasteiger partial charge in [-0.25, -0.2) is 0 Å². The normalized spacial score (nSPS) is 19.6. The van der Waals surface area contributed by atoms with Crippen molar-refractivity contribution in [2.45, 2.75) is 18.9 Å². The predicted octanol–water partition coefficient (Wildman–Crippen LogP) is 1.66. The Hall–Kier alpha value is -0.980. The van der Waals surface area contributed by atoms with Crippen molar-refractivity contribution >= 4 is 16.3 Å². The first-order chi connectivity index (χ1) is 7.68. The topological polar surface area (TPSA) is 81.2 Å². The Kier molecular flexibility index (Phi) is 3.52. The molecule has 3 N–H and O–H groups in total. The van der Waals surface area contributed by atoms with Gasteiger partial charge in [0.25, 0.3) is 0 Å². The third kappa shape index (κ3) is 2.40. The Labute approximate surface area is 97.8 Å². The van der Waals surface area contributed by atoms with Crippen molar-refractivity contribution in [2.24, 2.45) is 11.7 Å². The molecule has 16 heavy (non-hydrogen) atoms. The first-order valence-electron chi connectivity index (χ1n) is 5.37. The summed E-state index contributed by atoms with van der Waals surface area (Å²) in [5, 5.41) is 15.9. The molecule has 0 unspecified atom stereocenters. The lowest BCUT2D eigenvalue weighted by Gasteiger charge is -2.27. The number of hydrogen-bond acceptors (Lipinski definition) is 5. The molecule has 1 aliphatic heterocycles. The molecule has 0 bridgehead atoms. The van der Waals surface area contributed by atoms with Crippen LogP contribution >= 0.6 is 11.3 Å². The Morgan fingerprint density at radius 2 is 2.25 bits per heavy atom. The molecule has 5 nitrogen and oxygen atoms in total. The summed E-state index contributed by atoms with van der Waals surface area (Å²) in [5.74, 6) is 0.440. The van der Waals surface area contributed by atoms with E-state index in [1.807, 2.05) is 5.38 Å². The van der Waals surface area contributed by atoms with E-state index >= 15 is 0 Å². The minimum absolute atomic E-state index is 0.0629. The number of thiophene rings is 1. The lowest BCUT2D eigenvalue weighted by molar-refractivity contribution is -0.380. The summed E-state index contributed by atoms with van der Waals surface area (Å²) in [5.41, 5.74) is 7.05. The first-order valence-corrected chi connectivity index (χ1v) is 6.25. The third-order valence-electron chi connectivity index (χ3n) is 3.06. The van der Waals surface area contributed by atoms with Crippen LogP contribution in [0.2, 0.25) is 0 Å². The van der Waals surface area contributed by atoms with Gasteiger partial charge in [0, 0.05) is 17.5 Å². The van der Waals surface area contributed by atoms with Crippen molar-refractivity contribution in [1.29, 1.82) is 0 Å². The van der Waals surface area contributed by atoms with Gasteiger partial charge in [0.1, 0.15) is 0 Å². The minimum Gasteiger partial charge on any atom is -0.324 e. The standard InChI is InChI=1S/C10H15N3O2S/c11-10(7-1-3-12-4-2-7)8-5-9(13(14)15)16-6-8/h5-7,10,12H,1-4,11H2/t10-/m1/s1. The lowest BCUT2D eigenvalue weighted by atomic mass is 9.88. The molecule has 0 saturated carbocycles. The minimum atomic E-state index is -0.358. The van der Waals surface area contributed by atoms with Crippen LogP contribution in [0.4, 0.5) is 5.00 Å². The lowest BCUT2D eigenvalue weighted by Crippen LogP contribution is -2.33. The van der Waals surface area contributed by atoms with Gasteiger partial charge in [-0.1, -0.05) is 11.3 Å². The van der Waals surface area contributed by atoms with Gasteiger partial charge in [0.15, 0.2) is 0 Å². The summed E-state index contributed by atoms with van der Waals surface area (Å²) < 4.78 is 0. The summed E-state index contributed by atoms with van der Waals surface area (Å²) in [7, 11) is 0. The molecule has 6 heteroatoms. The fraction of sp³-hybridized carbons (Fsp3) is 0.600. The average molecular weight is 241 g/mol. The van der Waals surface area contributed by atoms with Crippen LogP contribution < -0.4 is 11.1 Å². The van der Waals surface area contributed by atoms with Crippen molar-refractivity contribution in [2.75, 3.05) is 13.1 Å². The summed E-state index contributed by atoms with van der Waals surface area (Å²) in [4.78, 5) is 10.2. The number of nitrogens with one attached hydrogen (secondary N) is 1. The van der Waals surface area contributed by atoms with Gasteiger partial charge in [0.2, 0.25) is 0 Å². The van der Waals surface area contributed by atoms with E-state index in [2.05, 4.69) is 5.32 Å². The maximum atomic E-state index is 10.6. The van der Waals surface area contributed by atoms with Gasteiger partial charge in [-0.3, -0.25) is 10.1 Å². The van der Waals surface area contributed by atoms with Gasteiger partial charge in [-0.05, 0) is 37.4 Å². The zero-order valence-corrected chi connectivity index (χ0v) is 9.70. The van der Waals surface area contributed by atoms with E-state index in [-0.39, 0.29) is 16.0 Å². The average Bonchev–Trinajstić information content (AvgIpc) is 2.78. The van der Waals surface area contributed by atoms with Crippen LogP contribution in [0.1, 0.15) is 24.4 Å². The Balaban J connectivity index is 2.07. The van der Waals surface area contributed by atoms with Crippen molar-refractivity contribution in [3.63, 3.8) is 0 Å². The molecular formula is C10H15N3O2S. The highest BCUT2D eigenvalue weighted by molar-refractivity contribution is 7.13. The van der Waals surface area contributed by atoms with Crippen molar-refractivity contribution in [1.82, 2.24) is 5.32 Å². The highest BCUT2D eigenvalue weighted by Gasteiger charge is 2.24. The highest BCUT2D eigenvalue weighted by atomic mass is 32.1. The van der Waals surface area contributed by atoms with Crippen LogP contribution in [-0.2, 0) is 0 Å². The molecule has 1 fully saturated rings. The molecule has 2 rings (SSSR count). The SMILES string of the molecule is N[C@@H](c1csc([N+](=O)[O-])c1)C1CCNCC1. The summed E-state index contributed by atoms with van der Waals surface area (Å²) >= 11 is 1.16. The van der Waals surface area contributed by atoms with Gasteiger partial charge in [0.05, 0.1) is 4.92 Å². The second-order valence-corrected chi connectivity index (χ2v) is 4.98. The molecule has 1 aromatic heterocycles. The van der Waals surface area contributed by atoms with E-state index < -0.39 is 0 Å². The molecule has 0 spiro atoms. The third-order valence-corrected chi connectivity index (χ3v) is 3.96. The zero-order chi connectivity index (χ0) is 11.5. The second kappa shape index (κ2) is 4.90. The number of nitro groups is 1. The van der Waals surface area contributed by atoms with E-state index in [1.54, 1.807) is 6.07 Å². The zero-order valence-electron chi connectivity index (χ0n) is 8.89. The summed E-state index contributed by atoms with van der Waals surface area (Å²) in [6, 6.07) is 1.55. The number of rotatable bonds is 3. The fourth-order valence-corrected chi connectivity index (χ4v) is 2.86. The van der Waals surface area contributed by atoms with Gasteiger partial charge >= 0.3 is 5.00 Å². The van der Waals surface area contributed by atoms with Crippen molar-refractivity contribution in [3.8, 4) is 0 Å². The Morgan fingerprint density at radius 1 is 1.56 bits per heavy atom. The van der Waals surface area contributed by atoms with Crippen LogP contribution in [0.3, 0.4) is 0 Å². The van der Waals surface area contributed by atoms with Crippen LogP contribution in [0, 0.1) is 16.0 Å². The molecule has 0 aliphatic carbocycles. The van der Waals surface area contributed by atoms with E-state index in [0.717, 1.165) is 42.8 Å². The molecule has 1 aromatic rings. The van der Waals surface area contributed by atoms with E-state index in [0.29, 0.717) is 5.92 Å². The molecule has 1 saturated heterocycles. The summed E-state index contributed by atoms with van der Waals surface area (Å²) in [6.07, 6.45) is 2.09. The monoisotopic (exact) mass is 241 g/mol. The van der Waals surface area contributed by atoms with Gasteiger partial charge < -0.3 is 11.1 Å². The highest BCUT2D eigenvalue weighted by Crippen LogP contribution is 2.32. The maximum absolute atomic E-state index is 10.6. The van der Waals surface area contributed by atoms with E-state index in [1.165, 1.54) is 0 Å². The number of nitrogens with zero attached hydrogens (tertiary/aromatic N) is 1. The van der Waals surface area contributed by atoms with Crippen molar-refractivity contribution < 1.29 is 4.92 Å². The van der Waals surface area contributed by atoms with Crippen LogP contribution in [-0.4, -0.2) is 18.0 Å². The largest absolute Gasteiger partial charge is 0.324 e. The fourth-order valence-electron chi connectivity index (χ4n) is 2.09. The molecule has 0 amide bonds. The second-order valence-electron chi connectivity index (χ2n) is 4.09. The van der Waals surface area contributed by atoms with Crippen LogP contribution in [0.15, 0.2) is 11.4 Å². The smallest absolute Gasteiger partial charge is 0.324 e. The van der Waals surface area contributed by atoms with Gasteiger partial charge in [-0.2, -0.15) is 0 Å². The molecule has 2 heterocycles. The molecule has 1 aliphatic rings. The molecule has 1 atom stereocenters. The number of hydrogen-bond donors (Lipinski definition) is 2. The molecule has 0 aromatic carbocycles. The molecule has 0 radical (unpaired) electrons. The predicted molar refractivity (Wildman–Crippen MR) is 63.5 cm³/mol. The van der Waals surface area contributed by atoms with Crippen molar-refractivity contribution in [3.05, 3.63) is 27.1 Å². The van der Waals surface area contributed by atoms with Crippen LogP contribution in [0.25, 0.3) is 0 Å². The quantitative estimate of drug-likeness (QED) is 0.623. The maximum Gasteiger partial charge on any atom is 0.324 e. The molecule has 88 valence electrons. The Morgan fingerprint density at radius 3 is 2.81 bits per heavy atom. The number of piperidine rings is 1. The summed E-state index contributed by atoms with van der Waals surface area (Å²) in [6.45, 7) is 1.98. The van der Waals surface area contributed by atoms with E-state index in [9.17, 15) is 10.1 Å². The van der Waals surface area contributed by atoms with Crippen LogP contribution in [0.5, 0.6) is 0 Å². The van der Waals surface area contributed by atoms with Gasteiger partial charge in [-0.15, -0.1) is 0 Å². The first kappa shape index (κ1) is 11.5. The molecular weight excluding hydrogens is 226 g/mol. The number of nitrogens with two attached hydrogens (primary N) is 1. The van der Waals surface area contributed by atoms with E-state index in [4.69, 9.17) is 5.73 Å². The Bertz CT molecular complexity index is 374.